The van der Waals surface area contributed by atoms with Crippen molar-refractivity contribution in [2.24, 2.45) is 4.99 Å². The molecule has 1 aliphatic heterocycles. The van der Waals surface area contributed by atoms with Crippen LogP contribution in [-0.4, -0.2) is 10.3 Å². The van der Waals surface area contributed by atoms with Gasteiger partial charge in [0.1, 0.15) is 11.7 Å². The van der Waals surface area contributed by atoms with E-state index in [2.05, 4.69) is 168 Å². The van der Waals surface area contributed by atoms with E-state index in [-0.39, 0.29) is 6.17 Å². The second-order valence-corrected chi connectivity index (χ2v) is 12.4. The molecule has 0 saturated heterocycles. The van der Waals surface area contributed by atoms with Crippen molar-refractivity contribution < 1.29 is 4.42 Å². The van der Waals surface area contributed by atoms with Gasteiger partial charge in [-0.3, -0.25) is 4.99 Å². The Labute approximate surface area is 277 Å². The zero-order valence-electron chi connectivity index (χ0n) is 26.0. The van der Waals surface area contributed by atoms with Crippen LogP contribution in [0.3, 0.4) is 0 Å². The maximum absolute atomic E-state index is 6.81. The predicted octanol–water partition coefficient (Wildman–Crippen LogP) is 11.3. The van der Waals surface area contributed by atoms with E-state index in [0.29, 0.717) is 0 Å². The number of hydrogen-bond acceptors (Lipinski definition) is 3. The number of rotatable bonds is 4. The van der Waals surface area contributed by atoms with Crippen molar-refractivity contribution in [3.8, 4) is 16.8 Å². The van der Waals surface area contributed by atoms with Crippen molar-refractivity contribution in [2.45, 2.75) is 6.17 Å². The third-order valence-electron chi connectivity index (χ3n) is 9.63. The van der Waals surface area contributed by atoms with Gasteiger partial charge in [0.2, 0.25) is 0 Å². The number of benzene rings is 7. The Hall–Kier alpha value is -6.39. The highest BCUT2D eigenvalue weighted by Crippen LogP contribution is 2.42. The molecule has 0 aliphatic carbocycles. The topological polar surface area (TPSA) is 42.5 Å². The molecule has 226 valence electrons. The standard InChI is InChI=1S/C44H29N3O/c1-3-13-28(14-4-1)30-25-26-38-35(27-30)31-17-8-10-22-37(31)47(38)39-23-11-19-33-41-34(20-12-24-40(41)48-43(33)39)44-45-36-21-9-7-18-32(36)42(46-44)29-15-5-2-6-16-29/h1-27,44-45H. The van der Waals surface area contributed by atoms with Crippen LogP contribution in [0.5, 0.6) is 0 Å². The van der Waals surface area contributed by atoms with Crippen molar-refractivity contribution in [3.05, 3.63) is 180 Å². The van der Waals surface area contributed by atoms with Crippen LogP contribution in [-0.2, 0) is 0 Å². The number of aromatic nitrogens is 1. The lowest BCUT2D eigenvalue weighted by Gasteiger charge is -2.26. The summed E-state index contributed by atoms with van der Waals surface area (Å²) >= 11 is 0. The minimum Gasteiger partial charge on any atom is -0.454 e. The SMILES string of the molecule is c1ccc(C2=NC(c3cccc4oc5c(-n6c7ccccc7c7cc(-c8ccccc8)ccc76)cccc5c34)Nc3ccccc32)cc1. The molecular formula is C44H29N3O. The highest BCUT2D eigenvalue weighted by molar-refractivity contribution is 6.18. The summed E-state index contributed by atoms with van der Waals surface area (Å²) in [4.78, 5) is 5.35. The summed E-state index contributed by atoms with van der Waals surface area (Å²) in [6, 6.07) is 57.7. The van der Waals surface area contributed by atoms with Crippen molar-refractivity contribution in [3.63, 3.8) is 0 Å². The maximum Gasteiger partial charge on any atom is 0.159 e. The molecule has 1 N–H and O–H groups in total. The molecule has 9 aromatic rings. The summed E-state index contributed by atoms with van der Waals surface area (Å²) < 4.78 is 9.17. The van der Waals surface area contributed by atoms with Crippen LogP contribution >= 0.6 is 0 Å². The Morgan fingerprint density at radius 3 is 2.12 bits per heavy atom. The Bertz CT molecular complexity index is 2700. The minimum absolute atomic E-state index is 0.284. The maximum atomic E-state index is 6.81. The van der Waals surface area contributed by atoms with Gasteiger partial charge in [-0.2, -0.15) is 0 Å². The number of nitrogens with zero attached hydrogens (tertiary/aromatic N) is 2. The molecule has 0 fully saturated rings. The summed E-state index contributed by atoms with van der Waals surface area (Å²) in [5.41, 5.74) is 12.8. The zero-order valence-corrected chi connectivity index (χ0v) is 26.0. The smallest absolute Gasteiger partial charge is 0.159 e. The monoisotopic (exact) mass is 615 g/mol. The van der Waals surface area contributed by atoms with Gasteiger partial charge in [-0.15, -0.1) is 0 Å². The van der Waals surface area contributed by atoms with Gasteiger partial charge in [0, 0.05) is 43.9 Å². The number of para-hydroxylation sites is 3. The summed E-state index contributed by atoms with van der Waals surface area (Å²) in [5, 5.41) is 8.32. The molecule has 4 nitrogen and oxygen atoms in total. The highest BCUT2D eigenvalue weighted by atomic mass is 16.3. The number of nitrogens with one attached hydrogen (secondary N) is 1. The van der Waals surface area contributed by atoms with Crippen molar-refractivity contribution >= 4 is 55.1 Å². The number of aliphatic imine (C=N–C) groups is 1. The van der Waals surface area contributed by atoms with E-state index >= 15 is 0 Å². The highest BCUT2D eigenvalue weighted by Gasteiger charge is 2.26. The van der Waals surface area contributed by atoms with Crippen LogP contribution in [0.4, 0.5) is 5.69 Å². The lowest BCUT2D eigenvalue weighted by molar-refractivity contribution is 0.665. The van der Waals surface area contributed by atoms with E-state index in [0.717, 1.165) is 66.7 Å². The predicted molar refractivity (Wildman–Crippen MR) is 198 cm³/mol. The molecule has 3 heterocycles. The Morgan fingerprint density at radius 2 is 1.25 bits per heavy atom. The molecule has 1 atom stereocenters. The van der Waals surface area contributed by atoms with E-state index < -0.39 is 0 Å². The van der Waals surface area contributed by atoms with Crippen molar-refractivity contribution in [1.29, 1.82) is 0 Å². The second-order valence-electron chi connectivity index (χ2n) is 12.4. The van der Waals surface area contributed by atoms with Crippen LogP contribution in [0, 0.1) is 0 Å². The van der Waals surface area contributed by atoms with Crippen LogP contribution < -0.4 is 5.32 Å². The number of furan rings is 1. The van der Waals surface area contributed by atoms with E-state index in [4.69, 9.17) is 9.41 Å². The molecule has 1 unspecified atom stereocenters. The molecule has 1 aliphatic rings. The van der Waals surface area contributed by atoms with E-state index in [1.165, 1.54) is 21.9 Å². The fourth-order valence-corrected chi connectivity index (χ4v) is 7.47. The molecule has 0 bridgehead atoms. The fraction of sp³-hybridized carbons (Fsp3) is 0.0227. The first-order chi connectivity index (χ1) is 23.8. The molecule has 7 aromatic carbocycles. The van der Waals surface area contributed by atoms with Gasteiger partial charge >= 0.3 is 0 Å². The van der Waals surface area contributed by atoms with Crippen LogP contribution in [0.1, 0.15) is 22.9 Å². The lowest BCUT2D eigenvalue weighted by atomic mass is 9.96. The van der Waals surface area contributed by atoms with Gasteiger partial charge in [-0.1, -0.05) is 127 Å². The zero-order chi connectivity index (χ0) is 31.6. The number of fused-ring (bicyclic) bond motifs is 7. The fourth-order valence-electron chi connectivity index (χ4n) is 7.47. The quantitative estimate of drug-likeness (QED) is 0.214. The summed E-state index contributed by atoms with van der Waals surface area (Å²) in [6.07, 6.45) is -0.284. The van der Waals surface area contributed by atoms with Crippen LogP contribution in [0.15, 0.2) is 173 Å². The van der Waals surface area contributed by atoms with Crippen LogP contribution in [0.2, 0.25) is 0 Å². The average molecular weight is 616 g/mol. The Kier molecular flexibility index (Phi) is 5.90. The van der Waals surface area contributed by atoms with Crippen molar-refractivity contribution in [2.75, 3.05) is 5.32 Å². The average Bonchev–Trinajstić information content (AvgIpc) is 3.71. The Balaban J connectivity index is 1.19. The Morgan fingerprint density at radius 1 is 0.542 bits per heavy atom. The number of hydrogen-bond donors (Lipinski definition) is 1. The largest absolute Gasteiger partial charge is 0.454 e. The third-order valence-corrected chi connectivity index (χ3v) is 9.63. The number of anilines is 1. The molecule has 4 heteroatoms. The van der Waals surface area contributed by atoms with E-state index in [9.17, 15) is 0 Å². The summed E-state index contributed by atoms with van der Waals surface area (Å²) in [6.45, 7) is 0. The first kappa shape index (κ1) is 26.8. The molecule has 0 spiro atoms. The van der Waals surface area contributed by atoms with E-state index in [1.54, 1.807) is 0 Å². The van der Waals surface area contributed by atoms with Gasteiger partial charge in [0.05, 0.1) is 22.4 Å². The first-order valence-corrected chi connectivity index (χ1v) is 16.3. The molecule has 10 rings (SSSR count). The first-order valence-electron chi connectivity index (χ1n) is 16.3. The van der Waals surface area contributed by atoms with Crippen LogP contribution in [0.25, 0.3) is 60.6 Å². The lowest BCUT2D eigenvalue weighted by Crippen LogP contribution is -2.20. The van der Waals surface area contributed by atoms with Gasteiger partial charge in [0.25, 0.3) is 0 Å². The van der Waals surface area contributed by atoms with Crippen molar-refractivity contribution in [1.82, 2.24) is 4.57 Å². The summed E-state index contributed by atoms with van der Waals surface area (Å²) in [5.74, 6) is 0. The van der Waals surface area contributed by atoms with Gasteiger partial charge < -0.3 is 14.3 Å². The molecule has 0 amide bonds. The van der Waals surface area contributed by atoms with Gasteiger partial charge in [-0.25, -0.2) is 0 Å². The third kappa shape index (κ3) is 4.06. The molecule has 48 heavy (non-hydrogen) atoms. The van der Waals surface area contributed by atoms with Gasteiger partial charge in [-0.05, 0) is 47.5 Å². The molecule has 0 radical (unpaired) electrons. The summed E-state index contributed by atoms with van der Waals surface area (Å²) in [7, 11) is 0. The molecular weight excluding hydrogens is 587 g/mol. The normalized spacial score (nSPS) is 14.3. The molecule has 0 saturated carbocycles. The van der Waals surface area contributed by atoms with E-state index in [1.807, 2.05) is 6.07 Å². The van der Waals surface area contributed by atoms with Gasteiger partial charge in [0.15, 0.2) is 5.58 Å². The molecule has 2 aromatic heterocycles. The minimum atomic E-state index is -0.284. The second kappa shape index (κ2) is 10.6.